The molecule has 5 rings (SSSR count). The van der Waals surface area contributed by atoms with Crippen molar-refractivity contribution in [3.8, 4) is 0 Å². The maximum atomic E-state index is 11.7. The molecule has 0 heterocycles. The highest BCUT2D eigenvalue weighted by atomic mass is 16.6. The monoisotopic (exact) mass is 502 g/mol. The van der Waals surface area contributed by atoms with Gasteiger partial charge in [-0.15, -0.1) is 0 Å². The Balaban J connectivity index is 1.34. The maximum absolute atomic E-state index is 11.7. The van der Waals surface area contributed by atoms with Crippen molar-refractivity contribution in [3.63, 3.8) is 0 Å². The van der Waals surface area contributed by atoms with E-state index in [2.05, 4.69) is 34.6 Å². The number of carbonyl (C=O) groups excluding carboxylic acids is 1. The van der Waals surface area contributed by atoms with Gasteiger partial charge in [0, 0.05) is 6.92 Å². The largest absolute Gasteiger partial charge is 0.460 e. The third-order valence-electron chi connectivity index (χ3n) is 13.8. The van der Waals surface area contributed by atoms with Crippen LogP contribution in [0.1, 0.15) is 126 Å². The molecule has 0 aliphatic heterocycles. The van der Waals surface area contributed by atoms with E-state index in [0.717, 1.165) is 25.2 Å². The van der Waals surface area contributed by atoms with Crippen molar-refractivity contribution in [1.82, 2.24) is 0 Å². The van der Waals surface area contributed by atoms with E-state index < -0.39 is 11.7 Å². The van der Waals surface area contributed by atoms with Crippen LogP contribution in [-0.4, -0.2) is 34.0 Å². The van der Waals surface area contributed by atoms with Crippen molar-refractivity contribution in [2.45, 2.75) is 144 Å². The summed E-state index contributed by atoms with van der Waals surface area (Å²) in [6, 6.07) is 0. The minimum absolute atomic E-state index is 0.0556. The van der Waals surface area contributed by atoms with E-state index in [4.69, 9.17) is 4.74 Å². The van der Waals surface area contributed by atoms with Gasteiger partial charge >= 0.3 is 5.97 Å². The van der Waals surface area contributed by atoms with Crippen molar-refractivity contribution in [2.75, 3.05) is 0 Å². The molecule has 36 heavy (non-hydrogen) atoms. The summed E-state index contributed by atoms with van der Waals surface area (Å²) >= 11 is 0. The molecule has 5 aliphatic rings. The molecule has 4 nitrogen and oxygen atoms in total. The van der Waals surface area contributed by atoms with Crippen LogP contribution in [0, 0.1) is 50.7 Å². The number of hydrogen-bond donors (Lipinski definition) is 2. The van der Waals surface area contributed by atoms with Crippen molar-refractivity contribution in [1.29, 1.82) is 0 Å². The van der Waals surface area contributed by atoms with Crippen LogP contribution >= 0.6 is 0 Å². The first kappa shape index (κ1) is 27.0. The molecule has 0 radical (unpaired) electrons. The average Bonchev–Trinajstić information content (AvgIpc) is 3.35. The second kappa shape index (κ2) is 8.20. The Morgan fingerprint density at radius 3 is 2.19 bits per heavy atom. The van der Waals surface area contributed by atoms with E-state index in [1.54, 1.807) is 13.8 Å². The second-order valence-corrected chi connectivity index (χ2v) is 15.8. The molecule has 0 aromatic heterocycles. The molecule has 2 spiro atoms. The summed E-state index contributed by atoms with van der Waals surface area (Å²) in [4.78, 5) is 11.7. The number of fused-ring (bicyclic) bond motifs is 2. The van der Waals surface area contributed by atoms with Crippen LogP contribution in [0.25, 0.3) is 0 Å². The minimum Gasteiger partial charge on any atom is -0.460 e. The molecule has 0 unspecified atom stereocenters. The van der Waals surface area contributed by atoms with Gasteiger partial charge in [0.2, 0.25) is 0 Å². The normalized spacial score (nSPS) is 48.6. The molecule has 0 aromatic rings. The number of ether oxygens (including phenoxy) is 1. The van der Waals surface area contributed by atoms with Crippen LogP contribution in [0.3, 0.4) is 0 Å². The fourth-order valence-corrected chi connectivity index (χ4v) is 11.7. The van der Waals surface area contributed by atoms with Crippen LogP contribution < -0.4 is 0 Å². The summed E-state index contributed by atoms with van der Waals surface area (Å²) in [5, 5.41) is 21.5. The number of aliphatic hydroxyl groups is 2. The average molecular weight is 503 g/mol. The fourth-order valence-electron chi connectivity index (χ4n) is 11.7. The highest BCUT2D eigenvalue weighted by Crippen LogP contribution is 2.89. The van der Waals surface area contributed by atoms with Crippen molar-refractivity contribution in [2.24, 2.45) is 50.7 Å². The Morgan fingerprint density at radius 1 is 0.917 bits per heavy atom. The first-order chi connectivity index (χ1) is 16.6. The lowest BCUT2D eigenvalue weighted by atomic mass is 9.41. The first-order valence-corrected chi connectivity index (χ1v) is 15.1. The molecule has 0 saturated heterocycles. The third-order valence-corrected chi connectivity index (χ3v) is 13.8. The number of aliphatic hydroxyl groups excluding tert-OH is 1. The molecule has 5 fully saturated rings. The maximum Gasteiger partial charge on any atom is 0.303 e. The quantitative estimate of drug-likeness (QED) is 0.388. The molecule has 0 bridgehead atoms. The summed E-state index contributed by atoms with van der Waals surface area (Å²) < 4.78 is 5.54. The van der Waals surface area contributed by atoms with Gasteiger partial charge < -0.3 is 14.9 Å². The zero-order valence-corrected chi connectivity index (χ0v) is 24.5. The zero-order valence-electron chi connectivity index (χ0n) is 24.5. The van der Waals surface area contributed by atoms with Crippen LogP contribution in [0.2, 0.25) is 0 Å². The molecule has 0 amide bonds. The fraction of sp³-hybridized carbons (Fsp3) is 0.969. The smallest absolute Gasteiger partial charge is 0.303 e. The second-order valence-electron chi connectivity index (χ2n) is 15.8. The van der Waals surface area contributed by atoms with Gasteiger partial charge in [-0.05, 0) is 135 Å². The Kier molecular flexibility index (Phi) is 6.14. The van der Waals surface area contributed by atoms with Gasteiger partial charge in [-0.3, -0.25) is 4.79 Å². The number of carbonyl (C=O) groups is 1. The minimum atomic E-state index is -1.02. The molecule has 4 heteroatoms. The summed E-state index contributed by atoms with van der Waals surface area (Å²) in [5.41, 5.74) is 0.813. The van der Waals surface area contributed by atoms with Crippen LogP contribution in [0.5, 0.6) is 0 Å². The van der Waals surface area contributed by atoms with Gasteiger partial charge in [-0.2, -0.15) is 0 Å². The molecule has 5 aliphatic carbocycles. The van der Waals surface area contributed by atoms with E-state index in [-0.39, 0.29) is 17.5 Å². The van der Waals surface area contributed by atoms with E-state index in [1.165, 1.54) is 58.3 Å². The van der Waals surface area contributed by atoms with E-state index in [9.17, 15) is 15.0 Å². The Labute approximate surface area is 220 Å². The lowest BCUT2D eigenvalue weighted by Crippen LogP contribution is -2.57. The van der Waals surface area contributed by atoms with E-state index in [0.29, 0.717) is 39.4 Å². The van der Waals surface area contributed by atoms with Gasteiger partial charge in [-0.25, -0.2) is 0 Å². The molecule has 2 N–H and O–H groups in total. The highest BCUT2D eigenvalue weighted by molar-refractivity contribution is 5.66. The third kappa shape index (κ3) is 3.48. The molecule has 10 atom stereocenters. The highest BCUT2D eigenvalue weighted by Gasteiger charge is 2.82. The van der Waals surface area contributed by atoms with Crippen LogP contribution in [0.4, 0.5) is 0 Å². The SMILES string of the molecule is CC(=O)O[C@H](CC[C@@H](C)[C@H]1CC[C@@]2(C)[C@@H]3CC[C@H]4C(C)(C)[C@@H](O)CC[C@@]45C[C@@]35CC[C@]12C)C(C)(C)O. The summed E-state index contributed by atoms with van der Waals surface area (Å²) in [7, 11) is 0. The lowest BCUT2D eigenvalue weighted by molar-refractivity contribution is -0.164. The molecular formula is C32H54O4. The standard InChI is InChI=1S/C32H54O4/c1-20(9-12-26(28(5,6)35)36-21(2)33)22-13-15-30(8)24-11-10-23-27(3,4)25(34)14-16-31(23)19-32(24,31)18-17-29(22,30)7/h20,22-26,34-35H,9-19H2,1-8H3/t20-,22-,23+,24+,25+,26-,29-,30+,31-,32+/m1/s1. The van der Waals surface area contributed by atoms with Crippen LogP contribution in [0.15, 0.2) is 0 Å². The van der Waals surface area contributed by atoms with Crippen molar-refractivity contribution in [3.05, 3.63) is 0 Å². The van der Waals surface area contributed by atoms with E-state index >= 15 is 0 Å². The number of esters is 1. The molecule has 206 valence electrons. The van der Waals surface area contributed by atoms with Crippen LogP contribution in [-0.2, 0) is 9.53 Å². The van der Waals surface area contributed by atoms with Crippen molar-refractivity contribution < 1.29 is 19.7 Å². The molecule has 5 saturated carbocycles. The zero-order chi connectivity index (χ0) is 26.5. The summed E-state index contributed by atoms with van der Waals surface area (Å²) in [5.74, 6) is 2.46. The lowest BCUT2D eigenvalue weighted by Gasteiger charge is -2.63. The van der Waals surface area contributed by atoms with Gasteiger partial charge in [0.25, 0.3) is 0 Å². The topological polar surface area (TPSA) is 66.8 Å². The molecule has 0 aromatic carbocycles. The van der Waals surface area contributed by atoms with E-state index in [1.807, 2.05) is 0 Å². The number of rotatable bonds is 6. The predicted octanol–water partition coefficient (Wildman–Crippen LogP) is 6.91. The van der Waals surface area contributed by atoms with Gasteiger partial charge in [0.1, 0.15) is 6.10 Å². The van der Waals surface area contributed by atoms with Crippen molar-refractivity contribution >= 4 is 5.97 Å². The van der Waals surface area contributed by atoms with Gasteiger partial charge in [-0.1, -0.05) is 34.6 Å². The van der Waals surface area contributed by atoms with Gasteiger partial charge in [0.05, 0.1) is 11.7 Å². The molecular weight excluding hydrogens is 448 g/mol. The Bertz CT molecular complexity index is 889. The summed E-state index contributed by atoms with van der Waals surface area (Å²) in [6.45, 7) is 17.4. The number of hydrogen-bond acceptors (Lipinski definition) is 4. The predicted molar refractivity (Wildman–Crippen MR) is 143 cm³/mol. The first-order valence-electron chi connectivity index (χ1n) is 15.1. The summed E-state index contributed by atoms with van der Waals surface area (Å²) in [6.07, 6.45) is 12.8. The van der Waals surface area contributed by atoms with Gasteiger partial charge in [0.15, 0.2) is 0 Å². The Morgan fingerprint density at radius 2 is 1.56 bits per heavy atom. The Hall–Kier alpha value is -0.610.